The molecule has 1 N–H and O–H groups in total. The van der Waals surface area contributed by atoms with Crippen molar-refractivity contribution in [1.29, 1.82) is 0 Å². The van der Waals surface area contributed by atoms with Crippen molar-refractivity contribution in [1.82, 2.24) is 5.32 Å². The van der Waals surface area contributed by atoms with Gasteiger partial charge in [-0.2, -0.15) is 0 Å². The minimum absolute atomic E-state index is 0.167. The van der Waals surface area contributed by atoms with Crippen LogP contribution in [0.5, 0.6) is 0 Å². The van der Waals surface area contributed by atoms with Gasteiger partial charge in [-0.3, -0.25) is 0 Å². The predicted molar refractivity (Wildman–Crippen MR) is 73.1 cm³/mol. The van der Waals surface area contributed by atoms with E-state index < -0.39 is 0 Å². The van der Waals surface area contributed by atoms with Crippen molar-refractivity contribution in [2.45, 2.75) is 26.3 Å². The highest BCUT2D eigenvalue weighted by Crippen LogP contribution is 2.35. The van der Waals surface area contributed by atoms with Gasteiger partial charge in [0.1, 0.15) is 5.76 Å². The minimum Gasteiger partial charge on any atom is -0.469 e. The van der Waals surface area contributed by atoms with Crippen molar-refractivity contribution < 1.29 is 4.42 Å². The van der Waals surface area contributed by atoms with Crippen molar-refractivity contribution >= 4 is 22.9 Å². The molecule has 0 aliphatic heterocycles. The molecule has 2 heterocycles. The maximum atomic E-state index is 6.13. The van der Waals surface area contributed by atoms with E-state index in [1.54, 1.807) is 17.6 Å². The Labute approximate surface area is 111 Å². The van der Waals surface area contributed by atoms with Gasteiger partial charge in [-0.15, -0.1) is 11.3 Å². The van der Waals surface area contributed by atoms with E-state index in [4.69, 9.17) is 16.0 Å². The van der Waals surface area contributed by atoms with Crippen LogP contribution in [0.25, 0.3) is 0 Å². The van der Waals surface area contributed by atoms with Gasteiger partial charge in [0.05, 0.1) is 16.6 Å². The van der Waals surface area contributed by atoms with Crippen LogP contribution in [0.15, 0.2) is 22.8 Å². The van der Waals surface area contributed by atoms with E-state index in [2.05, 4.69) is 18.3 Å². The number of halogens is 1. The summed E-state index contributed by atoms with van der Waals surface area (Å²) in [6.45, 7) is 4.13. The summed E-state index contributed by atoms with van der Waals surface area (Å²) in [7, 11) is 1.96. The molecule has 92 valence electrons. The molecule has 0 bridgehead atoms. The normalized spacial score (nSPS) is 12.9. The summed E-state index contributed by atoms with van der Waals surface area (Å²) >= 11 is 7.76. The number of hydrogen-bond donors (Lipinski definition) is 1. The standard InChI is InChI=1S/C13H16ClNOS/c1-4-10-9(5-6-16-10)12(15-3)11-7-8(2)13(14)17-11/h5-7,12,15H,4H2,1-3H3. The first-order valence-corrected chi connectivity index (χ1v) is 6.86. The van der Waals surface area contributed by atoms with Crippen LogP contribution in [0.2, 0.25) is 4.34 Å². The summed E-state index contributed by atoms with van der Waals surface area (Å²) in [6, 6.07) is 4.34. The average molecular weight is 270 g/mol. The van der Waals surface area contributed by atoms with Gasteiger partial charge in [0.25, 0.3) is 0 Å². The smallest absolute Gasteiger partial charge is 0.108 e. The van der Waals surface area contributed by atoms with Crippen LogP contribution >= 0.6 is 22.9 Å². The fraction of sp³-hybridized carbons (Fsp3) is 0.385. The summed E-state index contributed by atoms with van der Waals surface area (Å²) in [5, 5.41) is 3.33. The molecule has 0 saturated carbocycles. The Morgan fingerprint density at radius 3 is 2.82 bits per heavy atom. The number of furan rings is 1. The van der Waals surface area contributed by atoms with Crippen LogP contribution in [-0.4, -0.2) is 7.05 Å². The van der Waals surface area contributed by atoms with Gasteiger partial charge in [-0.05, 0) is 31.7 Å². The lowest BCUT2D eigenvalue weighted by Gasteiger charge is -2.14. The molecule has 2 aromatic rings. The van der Waals surface area contributed by atoms with Crippen molar-refractivity contribution in [2.75, 3.05) is 7.05 Å². The van der Waals surface area contributed by atoms with Gasteiger partial charge >= 0.3 is 0 Å². The van der Waals surface area contributed by atoms with Crippen LogP contribution in [0.3, 0.4) is 0 Å². The van der Waals surface area contributed by atoms with Crippen LogP contribution < -0.4 is 5.32 Å². The maximum Gasteiger partial charge on any atom is 0.108 e. The summed E-state index contributed by atoms with van der Waals surface area (Å²) in [5.41, 5.74) is 2.33. The average Bonchev–Trinajstić information content (AvgIpc) is 2.89. The summed E-state index contributed by atoms with van der Waals surface area (Å²) in [6.07, 6.45) is 2.65. The minimum atomic E-state index is 0.167. The summed E-state index contributed by atoms with van der Waals surface area (Å²) < 4.78 is 6.35. The van der Waals surface area contributed by atoms with E-state index in [1.165, 1.54) is 10.4 Å². The van der Waals surface area contributed by atoms with E-state index in [-0.39, 0.29) is 6.04 Å². The monoisotopic (exact) mass is 269 g/mol. The molecule has 2 aromatic heterocycles. The third-order valence-corrected chi connectivity index (χ3v) is 4.48. The fourth-order valence-electron chi connectivity index (χ4n) is 1.97. The Bertz CT molecular complexity index is 484. The van der Waals surface area contributed by atoms with Crippen molar-refractivity contribution in [3.8, 4) is 0 Å². The molecule has 0 fully saturated rings. The highest BCUT2D eigenvalue weighted by atomic mass is 35.5. The molecule has 0 saturated heterocycles. The molecule has 4 heteroatoms. The Hall–Kier alpha value is -0.770. The number of aryl methyl sites for hydroxylation is 2. The molecule has 2 nitrogen and oxygen atoms in total. The predicted octanol–water partition coefficient (Wildman–Crippen LogP) is 4.17. The number of thiophene rings is 1. The molecule has 0 radical (unpaired) electrons. The van der Waals surface area contributed by atoms with Gasteiger partial charge in [0, 0.05) is 16.9 Å². The van der Waals surface area contributed by atoms with Gasteiger partial charge in [-0.25, -0.2) is 0 Å². The third-order valence-electron chi connectivity index (χ3n) is 2.86. The van der Waals surface area contributed by atoms with Crippen molar-refractivity contribution in [3.05, 3.63) is 44.5 Å². The fourth-order valence-corrected chi connectivity index (χ4v) is 3.32. The van der Waals surface area contributed by atoms with E-state index in [0.717, 1.165) is 22.1 Å². The molecule has 2 rings (SSSR count). The van der Waals surface area contributed by atoms with Gasteiger partial charge in [0.2, 0.25) is 0 Å². The second-order valence-electron chi connectivity index (χ2n) is 3.98. The van der Waals surface area contributed by atoms with E-state index in [9.17, 15) is 0 Å². The van der Waals surface area contributed by atoms with E-state index in [1.807, 2.05) is 20.0 Å². The lowest BCUT2D eigenvalue weighted by Crippen LogP contribution is -2.17. The van der Waals surface area contributed by atoms with Crippen LogP contribution in [0, 0.1) is 6.92 Å². The molecular weight excluding hydrogens is 254 g/mol. The van der Waals surface area contributed by atoms with Crippen LogP contribution in [0.4, 0.5) is 0 Å². The second kappa shape index (κ2) is 5.25. The van der Waals surface area contributed by atoms with Gasteiger partial charge in [-0.1, -0.05) is 18.5 Å². The van der Waals surface area contributed by atoms with E-state index >= 15 is 0 Å². The quantitative estimate of drug-likeness (QED) is 0.901. The molecule has 1 atom stereocenters. The topological polar surface area (TPSA) is 25.2 Å². The first-order valence-electron chi connectivity index (χ1n) is 5.66. The van der Waals surface area contributed by atoms with Gasteiger partial charge in [0.15, 0.2) is 0 Å². The van der Waals surface area contributed by atoms with Crippen LogP contribution in [-0.2, 0) is 6.42 Å². The highest BCUT2D eigenvalue weighted by molar-refractivity contribution is 7.16. The maximum absolute atomic E-state index is 6.13. The van der Waals surface area contributed by atoms with Crippen molar-refractivity contribution in [3.63, 3.8) is 0 Å². The number of nitrogens with one attached hydrogen (secondary N) is 1. The lowest BCUT2D eigenvalue weighted by atomic mass is 10.0. The second-order valence-corrected chi connectivity index (χ2v) is 5.67. The molecule has 0 aliphatic rings. The lowest BCUT2D eigenvalue weighted by molar-refractivity contribution is 0.505. The largest absolute Gasteiger partial charge is 0.469 e. The Morgan fingerprint density at radius 1 is 1.53 bits per heavy atom. The highest BCUT2D eigenvalue weighted by Gasteiger charge is 2.20. The Balaban J connectivity index is 2.40. The summed E-state index contributed by atoms with van der Waals surface area (Å²) in [5.74, 6) is 1.03. The van der Waals surface area contributed by atoms with Crippen molar-refractivity contribution in [2.24, 2.45) is 0 Å². The number of rotatable bonds is 4. The molecular formula is C13H16ClNOS. The molecule has 0 spiro atoms. The molecule has 17 heavy (non-hydrogen) atoms. The molecule has 1 unspecified atom stereocenters. The zero-order chi connectivity index (χ0) is 12.4. The molecule has 0 amide bonds. The molecule has 0 aromatic carbocycles. The Morgan fingerprint density at radius 2 is 2.29 bits per heavy atom. The SMILES string of the molecule is CCc1occc1C(NC)c1cc(C)c(Cl)s1. The summed E-state index contributed by atoms with van der Waals surface area (Å²) in [4.78, 5) is 1.23. The molecule has 0 aliphatic carbocycles. The third kappa shape index (κ3) is 2.41. The Kier molecular flexibility index (Phi) is 3.92. The first-order chi connectivity index (χ1) is 8.17. The van der Waals surface area contributed by atoms with Gasteiger partial charge < -0.3 is 9.73 Å². The zero-order valence-corrected chi connectivity index (χ0v) is 11.8. The first kappa shape index (κ1) is 12.7. The zero-order valence-electron chi connectivity index (χ0n) is 10.2. The van der Waals surface area contributed by atoms with E-state index in [0.29, 0.717) is 0 Å². The van der Waals surface area contributed by atoms with Crippen LogP contribution in [0.1, 0.15) is 34.7 Å². The number of hydrogen-bond acceptors (Lipinski definition) is 3.